The molecule has 1 amide bonds. The van der Waals surface area contributed by atoms with E-state index in [0.717, 1.165) is 40.8 Å². The standard InChI is InChI=1S/C19H19N5O/c1-2-18(25)24-7-5-14(12-24)23-15-8-16-17(11-22-19(16)21-10-15)13-4-3-6-20-9-13/h2-4,6,8-11,14,23H,1,5,7,12H2,(H,21,22)/t14-/m0/s1. The second-order valence-corrected chi connectivity index (χ2v) is 6.18. The van der Waals surface area contributed by atoms with Crippen LogP contribution in [0.1, 0.15) is 6.42 Å². The first kappa shape index (κ1) is 15.4. The Morgan fingerprint density at radius 2 is 2.36 bits per heavy atom. The Bertz CT molecular complexity index is 918. The predicted molar refractivity (Wildman–Crippen MR) is 98.1 cm³/mol. The molecule has 1 saturated heterocycles. The number of hydrogen-bond acceptors (Lipinski definition) is 4. The molecule has 4 rings (SSSR count). The Labute approximate surface area is 145 Å². The van der Waals surface area contributed by atoms with Crippen LogP contribution in [0.2, 0.25) is 0 Å². The minimum Gasteiger partial charge on any atom is -0.379 e. The van der Waals surface area contributed by atoms with Crippen LogP contribution in [0, 0.1) is 0 Å². The van der Waals surface area contributed by atoms with E-state index >= 15 is 0 Å². The van der Waals surface area contributed by atoms with Crippen molar-refractivity contribution < 1.29 is 4.79 Å². The molecule has 6 heteroatoms. The highest BCUT2D eigenvalue weighted by Crippen LogP contribution is 2.29. The van der Waals surface area contributed by atoms with E-state index in [1.54, 1.807) is 6.20 Å². The second-order valence-electron chi connectivity index (χ2n) is 6.18. The number of nitrogens with zero attached hydrogens (tertiary/aromatic N) is 3. The van der Waals surface area contributed by atoms with Gasteiger partial charge in [-0.1, -0.05) is 12.6 Å². The molecule has 0 bridgehead atoms. The van der Waals surface area contributed by atoms with Crippen LogP contribution in [0.5, 0.6) is 0 Å². The molecule has 3 aromatic heterocycles. The zero-order chi connectivity index (χ0) is 17.2. The van der Waals surface area contributed by atoms with E-state index in [-0.39, 0.29) is 11.9 Å². The molecule has 0 aliphatic carbocycles. The molecule has 0 unspecified atom stereocenters. The van der Waals surface area contributed by atoms with Gasteiger partial charge in [0.2, 0.25) is 5.91 Å². The van der Waals surface area contributed by atoms with Crippen LogP contribution in [0.3, 0.4) is 0 Å². The van der Waals surface area contributed by atoms with Crippen LogP contribution in [-0.4, -0.2) is 44.9 Å². The van der Waals surface area contributed by atoms with Crippen molar-refractivity contribution in [2.75, 3.05) is 18.4 Å². The summed E-state index contributed by atoms with van der Waals surface area (Å²) in [4.78, 5) is 25.4. The van der Waals surface area contributed by atoms with Crippen LogP contribution in [0.15, 0.2) is 55.6 Å². The SMILES string of the molecule is C=CC(=O)N1CC[C@H](Nc2cnc3[nH]cc(-c4cccnc4)c3c2)C1. The fourth-order valence-electron chi connectivity index (χ4n) is 3.29. The smallest absolute Gasteiger partial charge is 0.246 e. The number of pyridine rings is 2. The summed E-state index contributed by atoms with van der Waals surface area (Å²) < 4.78 is 0. The first-order valence-corrected chi connectivity index (χ1v) is 8.30. The lowest BCUT2D eigenvalue weighted by molar-refractivity contribution is -0.125. The van der Waals surface area contributed by atoms with Gasteiger partial charge in [-0.15, -0.1) is 0 Å². The van der Waals surface area contributed by atoms with Crippen molar-refractivity contribution in [3.8, 4) is 11.1 Å². The molecule has 126 valence electrons. The maximum atomic E-state index is 11.7. The lowest BCUT2D eigenvalue weighted by Crippen LogP contribution is -2.30. The molecular weight excluding hydrogens is 314 g/mol. The summed E-state index contributed by atoms with van der Waals surface area (Å²) in [5.41, 5.74) is 3.93. The Morgan fingerprint density at radius 1 is 1.44 bits per heavy atom. The van der Waals surface area contributed by atoms with Gasteiger partial charge in [-0.3, -0.25) is 9.78 Å². The second kappa shape index (κ2) is 6.39. The van der Waals surface area contributed by atoms with Gasteiger partial charge in [-0.25, -0.2) is 4.98 Å². The third-order valence-corrected chi connectivity index (χ3v) is 4.55. The monoisotopic (exact) mass is 333 g/mol. The first-order valence-electron chi connectivity index (χ1n) is 8.30. The number of aromatic amines is 1. The molecular formula is C19H19N5O. The summed E-state index contributed by atoms with van der Waals surface area (Å²) in [5.74, 6) is -0.0117. The summed E-state index contributed by atoms with van der Waals surface area (Å²) in [5, 5.41) is 4.54. The summed E-state index contributed by atoms with van der Waals surface area (Å²) in [6.07, 6.45) is 9.68. The molecule has 3 aromatic rings. The van der Waals surface area contributed by atoms with Gasteiger partial charge in [0.15, 0.2) is 0 Å². The molecule has 0 aromatic carbocycles. The summed E-state index contributed by atoms with van der Waals surface area (Å²) in [6, 6.07) is 6.28. The largest absolute Gasteiger partial charge is 0.379 e. The topological polar surface area (TPSA) is 73.9 Å². The van der Waals surface area contributed by atoms with Gasteiger partial charge in [0.1, 0.15) is 5.65 Å². The number of H-pyrrole nitrogens is 1. The van der Waals surface area contributed by atoms with Crippen LogP contribution in [-0.2, 0) is 4.79 Å². The molecule has 1 aliphatic rings. The van der Waals surface area contributed by atoms with Gasteiger partial charge in [-0.05, 0) is 24.6 Å². The van der Waals surface area contributed by atoms with Crippen LogP contribution in [0.25, 0.3) is 22.2 Å². The van der Waals surface area contributed by atoms with E-state index in [1.807, 2.05) is 35.6 Å². The molecule has 2 N–H and O–H groups in total. The van der Waals surface area contributed by atoms with Gasteiger partial charge in [0.25, 0.3) is 0 Å². The van der Waals surface area contributed by atoms with E-state index in [9.17, 15) is 4.79 Å². The number of rotatable bonds is 4. The lowest BCUT2D eigenvalue weighted by atomic mass is 10.1. The Kier molecular flexibility index (Phi) is 3.93. The maximum Gasteiger partial charge on any atom is 0.246 e. The number of aromatic nitrogens is 3. The number of likely N-dealkylation sites (tertiary alicyclic amines) is 1. The number of nitrogens with one attached hydrogen (secondary N) is 2. The maximum absolute atomic E-state index is 11.7. The van der Waals surface area contributed by atoms with Gasteiger partial charge < -0.3 is 15.2 Å². The number of carbonyl (C=O) groups excluding carboxylic acids is 1. The van der Waals surface area contributed by atoms with E-state index in [2.05, 4.69) is 32.9 Å². The molecule has 0 saturated carbocycles. The average Bonchev–Trinajstić information content (AvgIpc) is 3.28. The zero-order valence-corrected chi connectivity index (χ0v) is 13.8. The van der Waals surface area contributed by atoms with Crippen LogP contribution >= 0.6 is 0 Å². The lowest BCUT2D eigenvalue weighted by Gasteiger charge is -2.16. The number of anilines is 1. The van der Waals surface area contributed by atoms with Crippen molar-refractivity contribution in [3.63, 3.8) is 0 Å². The van der Waals surface area contributed by atoms with Crippen molar-refractivity contribution in [2.45, 2.75) is 12.5 Å². The number of fused-ring (bicyclic) bond motifs is 1. The van der Waals surface area contributed by atoms with Gasteiger partial charge in [0.05, 0.1) is 11.9 Å². The minimum absolute atomic E-state index is 0.0117. The molecule has 0 spiro atoms. The molecule has 6 nitrogen and oxygen atoms in total. The fraction of sp³-hybridized carbons (Fsp3) is 0.211. The Morgan fingerprint density at radius 3 is 3.16 bits per heavy atom. The highest BCUT2D eigenvalue weighted by Gasteiger charge is 2.24. The summed E-state index contributed by atoms with van der Waals surface area (Å²) in [6.45, 7) is 4.99. The third kappa shape index (κ3) is 2.98. The summed E-state index contributed by atoms with van der Waals surface area (Å²) >= 11 is 0. The molecule has 1 aliphatic heterocycles. The van der Waals surface area contributed by atoms with Crippen molar-refractivity contribution in [1.82, 2.24) is 19.9 Å². The minimum atomic E-state index is -0.0117. The van der Waals surface area contributed by atoms with Gasteiger partial charge in [0, 0.05) is 54.2 Å². The third-order valence-electron chi connectivity index (χ3n) is 4.55. The van der Waals surface area contributed by atoms with Crippen molar-refractivity contribution in [2.24, 2.45) is 0 Å². The number of amides is 1. The fourth-order valence-corrected chi connectivity index (χ4v) is 3.29. The average molecular weight is 333 g/mol. The summed E-state index contributed by atoms with van der Waals surface area (Å²) in [7, 11) is 0. The molecule has 1 atom stereocenters. The number of carbonyl (C=O) groups is 1. The predicted octanol–water partition coefficient (Wildman–Crippen LogP) is 2.82. The quantitative estimate of drug-likeness (QED) is 0.720. The Hall–Kier alpha value is -3.15. The molecule has 0 radical (unpaired) electrons. The van der Waals surface area contributed by atoms with Gasteiger partial charge in [-0.2, -0.15) is 0 Å². The first-order chi connectivity index (χ1) is 12.2. The molecule has 4 heterocycles. The van der Waals surface area contributed by atoms with E-state index in [0.29, 0.717) is 6.54 Å². The Balaban J connectivity index is 1.57. The van der Waals surface area contributed by atoms with Crippen molar-refractivity contribution in [3.05, 3.63) is 55.6 Å². The van der Waals surface area contributed by atoms with Crippen LogP contribution in [0.4, 0.5) is 5.69 Å². The zero-order valence-electron chi connectivity index (χ0n) is 13.8. The van der Waals surface area contributed by atoms with Crippen molar-refractivity contribution in [1.29, 1.82) is 0 Å². The number of hydrogen-bond donors (Lipinski definition) is 2. The highest BCUT2D eigenvalue weighted by atomic mass is 16.2. The highest BCUT2D eigenvalue weighted by molar-refractivity contribution is 5.95. The van der Waals surface area contributed by atoms with Crippen molar-refractivity contribution >= 4 is 22.6 Å². The molecule has 1 fully saturated rings. The normalized spacial score (nSPS) is 17.0. The van der Waals surface area contributed by atoms with Crippen LogP contribution < -0.4 is 5.32 Å². The van der Waals surface area contributed by atoms with E-state index in [1.165, 1.54) is 6.08 Å². The molecule has 25 heavy (non-hydrogen) atoms. The van der Waals surface area contributed by atoms with E-state index < -0.39 is 0 Å². The van der Waals surface area contributed by atoms with Gasteiger partial charge >= 0.3 is 0 Å². The van der Waals surface area contributed by atoms with E-state index in [4.69, 9.17) is 0 Å².